The quantitative estimate of drug-likeness (QED) is 0.844. The number of aliphatic hydroxyl groups is 1. The second kappa shape index (κ2) is 7.03. The summed E-state index contributed by atoms with van der Waals surface area (Å²) in [5.74, 6) is -2.86. The van der Waals surface area contributed by atoms with Gasteiger partial charge >= 0.3 is 6.09 Å². The van der Waals surface area contributed by atoms with Crippen LogP contribution in [0.2, 0.25) is 0 Å². The zero-order valence-corrected chi connectivity index (χ0v) is 14.5. The van der Waals surface area contributed by atoms with Gasteiger partial charge in [0.05, 0.1) is 12.1 Å². The molecule has 6 nitrogen and oxygen atoms in total. The number of piperidine rings is 1. The van der Waals surface area contributed by atoms with Crippen molar-refractivity contribution in [1.29, 1.82) is 0 Å². The number of benzene rings is 1. The molecule has 1 amide bonds. The van der Waals surface area contributed by atoms with Crippen molar-refractivity contribution in [3.8, 4) is 0 Å². The molecule has 0 aliphatic carbocycles. The minimum atomic E-state index is -1.58. The third-order valence-electron chi connectivity index (χ3n) is 4.25. The SMILES string of the molecule is CC(C)(C)OC(=O)N1CC[C@](O)(c2ccc(F)c(F)c2)[C@@H](CN=O)C1. The molecule has 1 fully saturated rings. The van der Waals surface area contributed by atoms with Gasteiger partial charge in [0.15, 0.2) is 11.6 Å². The van der Waals surface area contributed by atoms with Crippen molar-refractivity contribution in [3.05, 3.63) is 40.3 Å². The van der Waals surface area contributed by atoms with E-state index >= 15 is 0 Å². The summed E-state index contributed by atoms with van der Waals surface area (Å²) in [4.78, 5) is 24.4. The van der Waals surface area contributed by atoms with Gasteiger partial charge in [-0.05, 0) is 44.9 Å². The van der Waals surface area contributed by atoms with E-state index in [-0.39, 0.29) is 31.6 Å². The molecule has 1 aliphatic rings. The third-order valence-corrected chi connectivity index (χ3v) is 4.25. The standard InChI is InChI=1S/C17H22F2N2O4/c1-16(2,3)25-15(22)21-7-6-17(23,12(10-21)9-20-24)11-4-5-13(18)14(19)8-11/h4-5,8,12,23H,6-7,9-10H2,1-3H3/t12-,17-/m0/s1. The number of likely N-dealkylation sites (tertiary alicyclic amines) is 1. The van der Waals surface area contributed by atoms with Crippen LogP contribution in [0.25, 0.3) is 0 Å². The molecule has 0 saturated carbocycles. The Bertz CT molecular complexity index is 663. The van der Waals surface area contributed by atoms with E-state index in [1.807, 2.05) is 0 Å². The maximum atomic E-state index is 13.6. The fourth-order valence-electron chi connectivity index (χ4n) is 2.95. The first-order chi connectivity index (χ1) is 11.6. The highest BCUT2D eigenvalue weighted by atomic mass is 19.2. The number of hydrogen-bond donors (Lipinski definition) is 1. The summed E-state index contributed by atoms with van der Waals surface area (Å²) in [5.41, 5.74) is -2.10. The number of nitroso groups, excluding NO2 is 1. The third kappa shape index (κ3) is 4.31. The lowest BCUT2D eigenvalue weighted by Gasteiger charge is -2.44. The average molecular weight is 356 g/mol. The first-order valence-electron chi connectivity index (χ1n) is 8.02. The number of amides is 1. The van der Waals surface area contributed by atoms with Crippen LogP contribution in [0.5, 0.6) is 0 Å². The van der Waals surface area contributed by atoms with E-state index in [0.717, 1.165) is 12.1 Å². The van der Waals surface area contributed by atoms with Crippen molar-refractivity contribution in [1.82, 2.24) is 4.90 Å². The molecule has 1 aromatic rings. The van der Waals surface area contributed by atoms with Gasteiger partial charge in [0.25, 0.3) is 0 Å². The van der Waals surface area contributed by atoms with Gasteiger partial charge in [-0.3, -0.25) is 0 Å². The smallest absolute Gasteiger partial charge is 0.410 e. The second-order valence-electron chi connectivity index (χ2n) is 7.24. The summed E-state index contributed by atoms with van der Waals surface area (Å²) < 4.78 is 32.0. The van der Waals surface area contributed by atoms with E-state index in [1.165, 1.54) is 11.0 Å². The lowest BCUT2D eigenvalue weighted by atomic mass is 9.76. The van der Waals surface area contributed by atoms with Crippen LogP contribution >= 0.6 is 0 Å². The van der Waals surface area contributed by atoms with Crippen molar-refractivity contribution < 1.29 is 23.4 Å². The van der Waals surface area contributed by atoms with Gasteiger partial charge in [0.2, 0.25) is 0 Å². The van der Waals surface area contributed by atoms with E-state index in [2.05, 4.69) is 5.18 Å². The van der Waals surface area contributed by atoms with Crippen LogP contribution in [0.4, 0.5) is 13.6 Å². The van der Waals surface area contributed by atoms with Crippen LogP contribution in [0.15, 0.2) is 23.4 Å². The first kappa shape index (κ1) is 19.2. The lowest BCUT2D eigenvalue weighted by Crippen LogP contribution is -2.53. The number of hydrogen-bond acceptors (Lipinski definition) is 5. The number of carbonyl (C=O) groups excluding carboxylic acids is 1. The van der Waals surface area contributed by atoms with Crippen molar-refractivity contribution in [2.24, 2.45) is 11.1 Å². The molecule has 0 bridgehead atoms. The second-order valence-corrected chi connectivity index (χ2v) is 7.24. The molecule has 0 spiro atoms. The van der Waals surface area contributed by atoms with Crippen LogP contribution in [-0.4, -0.2) is 41.3 Å². The largest absolute Gasteiger partial charge is 0.444 e. The minimum absolute atomic E-state index is 0.0240. The van der Waals surface area contributed by atoms with Crippen LogP contribution < -0.4 is 0 Å². The highest BCUT2D eigenvalue weighted by molar-refractivity contribution is 5.68. The fraction of sp³-hybridized carbons (Fsp3) is 0.588. The molecule has 1 heterocycles. The molecule has 0 aromatic heterocycles. The normalized spacial score (nSPS) is 24.1. The van der Waals surface area contributed by atoms with Gasteiger partial charge < -0.3 is 14.7 Å². The van der Waals surface area contributed by atoms with E-state index < -0.39 is 34.8 Å². The Kier molecular flexibility index (Phi) is 5.41. The summed E-state index contributed by atoms with van der Waals surface area (Å²) in [6.45, 7) is 5.11. The Labute approximate surface area is 144 Å². The summed E-state index contributed by atoms with van der Waals surface area (Å²) in [7, 11) is 0. The number of ether oxygens (including phenoxy) is 1. The molecule has 1 aromatic carbocycles. The zero-order valence-electron chi connectivity index (χ0n) is 14.5. The molecule has 2 atom stereocenters. The minimum Gasteiger partial charge on any atom is -0.444 e. The van der Waals surface area contributed by atoms with Crippen molar-refractivity contribution >= 4 is 6.09 Å². The summed E-state index contributed by atoms with van der Waals surface area (Å²) >= 11 is 0. The Morgan fingerprint density at radius 3 is 2.64 bits per heavy atom. The number of nitrogens with zero attached hydrogens (tertiary/aromatic N) is 2. The first-order valence-corrected chi connectivity index (χ1v) is 8.02. The number of carbonyl (C=O) groups is 1. The summed E-state index contributed by atoms with van der Waals surface area (Å²) in [6.07, 6.45) is -0.506. The van der Waals surface area contributed by atoms with Gasteiger partial charge in [0, 0.05) is 19.0 Å². The van der Waals surface area contributed by atoms with E-state index in [1.54, 1.807) is 20.8 Å². The summed E-state index contributed by atoms with van der Waals surface area (Å²) in [6, 6.07) is 3.11. The Balaban J connectivity index is 2.25. The van der Waals surface area contributed by atoms with Gasteiger partial charge in [-0.25, -0.2) is 13.6 Å². The van der Waals surface area contributed by atoms with Gasteiger partial charge in [-0.1, -0.05) is 11.2 Å². The van der Waals surface area contributed by atoms with Gasteiger partial charge in [0.1, 0.15) is 5.60 Å². The topological polar surface area (TPSA) is 79.2 Å². The van der Waals surface area contributed by atoms with Gasteiger partial charge in [-0.15, -0.1) is 0 Å². The molecule has 0 radical (unpaired) electrons. The highest BCUT2D eigenvalue weighted by Crippen LogP contribution is 2.38. The zero-order chi connectivity index (χ0) is 18.8. The van der Waals surface area contributed by atoms with E-state index in [4.69, 9.17) is 4.74 Å². The Morgan fingerprint density at radius 1 is 1.40 bits per heavy atom. The maximum Gasteiger partial charge on any atom is 0.410 e. The van der Waals surface area contributed by atoms with Crippen molar-refractivity contribution in [2.45, 2.75) is 38.4 Å². The molecule has 1 saturated heterocycles. The Morgan fingerprint density at radius 2 is 2.08 bits per heavy atom. The molecule has 8 heteroatoms. The van der Waals surface area contributed by atoms with Crippen LogP contribution in [0, 0.1) is 22.5 Å². The molecule has 138 valence electrons. The number of rotatable bonds is 3. The molecule has 0 unspecified atom stereocenters. The van der Waals surface area contributed by atoms with Crippen LogP contribution in [0.3, 0.4) is 0 Å². The lowest BCUT2D eigenvalue weighted by molar-refractivity contribution is -0.0764. The van der Waals surface area contributed by atoms with E-state index in [0.29, 0.717) is 0 Å². The predicted octanol–water partition coefficient (Wildman–Crippen LogP) is 3.18. The Hall–Kier alpha value is -2.09. The molecule has 1 N–H and O–H groups in total. The predicted molar refractivity (Wildman–Crippen MR) is 86.8 cm³/mol. The molecular weight excluding hydrogens is 334 g/mol. The van der Waals surface area contributed by atoms with E-state index in [9.17, 15) is 23.6 Å². The van der Waals surface area contributed by atoms with Crippen LogP contribution in [0.1, 0.15) is 32.8 Å². The monoisotopic (exact) mass is 356 g/mol. The number of halogens is 2. The van der Waals surface area contributed by atoms with Crippen LogP contribution in [-0.2, 0) is 10.3 Å². The summed E-state index contributed by atoms with van der Waals surface area (Å²) in [5, 5.41) is 13.8. The molecular formula is C17H22F2N2O4. The van der Waals surface area contributed by atoms with Gasteiger partial charge in [-0.2, -0.15) is 4.91 Å². The van der Waals surface area contributed by atoms with Crippen molar-refractivity contribution in [3.63, 3.8) is 0 Å². The fourth-order valence-corrected chi connectivity index (χ4v) is 2.95. The highest BCUT2D eigenvalue weighted by Gasteiger charge is 2.45. The molecule has 1 aliphatic heterocycles. The molecule has 2 rings (SSSR count). The van der Waals surface area contributed by atoms with Crippen molar-refractivity contribution in [2.75, 3.05) is 19.6 Å². The average Bonchev–Trinajstić information content (AvgIpc) is 2.50. The molecule has 25 heavy (non-hydrogen) atoms. The maximum absolute atomic E-state index is 13.6.